The quantitative estimate of drug-likeness (QED) is 0.559. The number of anilines is 1. The number of nitrogens with zero attached hydrogens (tertiary/aromatic N) is 1. The Morgan fingerprint density at radius 2 is 2.21 bits per heavy atom. The molecule has 0 saturated carbocycles. The SMILES string of the molecule is COCCOCCN1C(=O)COc2ccc(I)cc21. The third-order valence-electron chi connectivity index (χ3n) is 2.76. The van der Waals surface area contributed by atoms with Crippen molar-refractivity contribution in [2.45, 2.75) is 0 Å². The van der Waals surface area contributed by atoms with Gasteiger partial charge in [0.15, 0.2) is 6.61 Å². The molecule has 0 saturated heterocycles. The molecule has 19 heavy (non-hydrogen) atoms. The molecule has 2 rings (SSSR count). The number of amides is 1. The molecule has 1 aliphatic heterocycles. The molecule has 104 valence electrons. The summed E-state index contributed by atoms with van der Waals surface area (Å²) >= 11 is 2.22. The fraction of sp³-hybridized carbons (Fsp3) is 0.462. The van der Waals surface area contributed by atoms with Crippen molar-refractivity contribution in [2.75, 3.05) is 45.0 Å². The number of carbonyl (C=O) groups is 1. The standard InChI is InChI=1S/C13H16INO4/c1-17-6-7-18-5-4-15-11-8-10(14)2-3-12(11)19-9-13(15)16/h2-3,8H,4-7,9H2,1H3. The van der Waals surface area contributed by atoms with Crippen molar-refractivity contribution in [3.05, 3.63) is 21.8 Å². The highest BCUT2D eigenvalue weighted by atomic mass is 127. The van der Waals surface area contributed by atoms with Crippen LogP contribution in [0.3, 0.4) is 0 Å². The average Bonchev–Trinajstić information content (AvgIpc) is 2.40. The number of rotatable bonds is 6. The maximum Gasteiger partial charge on any atom is 0.265 e. The van der Waals surface area contributed by atoms with Crippen LogP contribution in [0.2, 0.25) is 0 Å². The van der Waals surface area contributed by atoms with Crippen molar-refractivity contribution < 1.29 is 19.0 Å². The summed E-state index contributed by atoms with van der Waals surface area (Å²) in [6.07, 6.45) is 0. The molecule has 0 atom stereocenters. The van der Waals surface area contributed by atoms with E-state index < -0.39 is 0 Å². The van der Waals surface area contributed by atoms with Crippen LogP contribution in [0.1, 0.15) is 0 Å². The van der Waals surface area contributed by atoms with E-state index in [4.69, 9.17) is 14.2 Å². The zero-order valence-electron chi connectivity index (χ0n) is 10.7. The van der Waals surface area contributed by atoms with Gasteiger partial charge in [0, 0.05) is 17.2 Å². The number of methoxy groups -OCH3 is 1. The number of ether oxygens (including phenoxy) is 3. The molecule has 1 aromatic rings. The normalized spacial score (nSPS) is 14.2. The molecule has 0 unspecified atom stereocenters. The lowest BCUT2D eigenvalue weighted by atomic mass is 10.2. The van der Waals surface area contributed by atoms with Crippen LogP contribution in [0.25, 0.3) is 0 Å². The lowest BCUT2D eigenvalue weighted by Crippen LogP contribution is -2.41. The molecule has 0 aliphatic carbocycles. The highest BCUT2D eigenvalue weighted by Gasteiger charge is 2.25. The summed E-state index contributed by atoms with van der Waals surface area (Å²) in [4.78, 5) is 13.6. The largest absolute Gasteiger partial charge is 0.482 e. The van der Waals surface area contributed by atoms with Gasteiger partial charge in [-0.25, -0.2) is 0 Å². The van der Waals surface area contributed by atoms with Crippen molar-refractivity contribution >= 4 is 34.2 Å². The second-order valence-corrected chi connectivity index (χ2v) is 5.30. The molecular weight excluding hydrogens is 361 g/mol. The molecule has 6 heteroatoms. The third-order valence-corrected chi connectivity index (χ3v) is 3.43. The van der Waals surface area contributed by atoms with Crippen LogP contribution >= 0.6 is 22.6 Å². The molecule has 0 fully saturated rings. The van der Waals surface area contributed by atoms with E-state index in [0.717, 1.165) is 15.0 Å². The fourth-order valence-corrected chi connectivity index (χ4v) is 2.30. The first-order chi connectivity index (χ1) is 9.22. The summed E-state index contributed by atoms with van der Waals surface area (Å²) in [5.41, 5.74) is 0.818. The lowest BCUT2D eigenvalue weighted by Gasteiger charge is -2.29. The van der Waals surface area contributed by atoms with Gasteiger partial charge >= 0.3 is 0 Å². The summed E-state index contributed by atoms with van der Waals surface area (Å²) in [6.45, 7) is 2.20. The summed E-state index contributed by atoms with van der Waals surface area (Å²) in [6, 6.07) is 5.80. The molecule has 0 aromatic heterocycles. The van der Waals surface area contributed by atoms with E-state index in [1.54, 1.807) is 12.0 Å². The van der Waals surface area contributed by atoms with Gasteiger partial charge in [0.2, 0.25) is 0 Å². The van der Waals surface area contributed by atoms with Gasteiger partial charge in [-0.05, 0) is 40.8 Å². The average molecular weight is 377 g/mol. The van der Waals surface area contributed by atoms with E-state index in [0.29, 0.717) is 26.4 Å². The monoisotopic (exact) mass is 377 g/mol. The molecule has 0 spiro atoms. The summed E-state index contributed by atoms with van der Waals surface area (Å²) < 4.78 is 16.8. The number of carbonyl (C=O) groups excluding carboxylic acids is 1. The van der Waals surface area contributed by atoms with Gasteiger partial charge in [0.25, 0.3) is 5.91 Å². The van der Waals surface area contributed by atoms with E-state index >= 15 is 0 Å². The van der Waals surface area contributed by atoms with Gasteiger partial charge in [0.1, 0.15) is 5.75 Å². The van der Waals surface area contributed by atoms with Crippen molar-refractivity contribution in [1.29, 1.82) is 0 Å². The molecule has 1 amide bonds. The Kier molecular flexibility index (Phi) is 5.41. The van der Waals surface area contributed by atoms with Gasteiger partial charge in [-0.3, -0.25) is 4.79 Å². The van der Waals surface area contributed by atoms with Gasteiger partial charge in [-0.2, -0.15) is 0 Å². The predicted molar refractivity (Wildman–Crippen MR) is 79.7 cm³/mol. The van der Waals surface area contributed by atoms with Gasteiger partial charge in [-0.1, -0.05) is 0 Å². The van der Waals surface area contributed by atoms with Crippen molar-refractivity contribution in [3.63, 3.8) is 0 Å². The topological polar surface area (TPSA) is 48.0 Å². The number of fused-ring (bicyclic) bond motifs is 1. The second-order valence-electron chi connectivity index (χ2n) is 4.05. The van der Waals surface area contributed by atoms with Crippen LogP contribution in [-0.4, -0.2) is 46.0 Å². The molecule has 1 aliphatic rings. The Hall–Kier alpha value is -0.860. The van der Waals surface area contributed by atoms with Crippen LogP contribution in [0.5, 0.6) is 5.75 Å². The van der Waals surface area contributed by atoms with E-state index in [1.165, 1.54) is 0 Å². The Morgan fingerprint density at radius 3 is 3.00 bits per heavy atom. The maximum absolute atomic E-state index is 11.9. The number of halogens is 1. The minimum atomic E-state index is -0.0372. The highest BCUT2D eigenvalue weighted by Crippen LogP contribution is 2.33. The van der Waals surface area contributed by atoms with Crippen LogP contribution in [0.15, 0.2) is 18.2 Å². The van der Waals surface area contributed by atoms with Crippen molar-refractivity contribution in [1.82, 2.24) is 0 Å². The fourth-order valence-electron chi connectivity index (χ4n) is 1.82. The van der Waals surface area contributed by atoms with Crippen LogP contribution in [0.4, 0.5) is 5.69 Å². The van der Waals surface area contributed by atoms with Crippen LogP contribution < -0.4 is 9.64 Å². The van der Waals surface area contributed by atoms with Crippen molar-refractivity contribution in [2.24, 2.45) is 0 Å². The Balaban J connectivity index is 1.99. The number of benzene rings is 1. The lowest BCUT2D eigenvalue weighted by molar-refractivity contribution is -0.121. The molecule has 1 aromatic carbocycles. The highest BCUT2D eigenvalue weighted by molar-refractivity contribution is 14.1. The minimum absolute atomic E-state index is 0.0372. The Labute approximate surface area is 126 Å². The predicted octanol–water partition coefficient (Wildman–Crippen LogP) is 1.68. The van der Waals surface area contributed by atoms with E-state index in [-0.39, 0.29) is 12.5 Å². The molecule has 0 radical (unpaired) electrons. The maximum atomic E-state index is 11.9. The smallest absolute Gasteiger partial charge is 0.265 e. The first-order valence-electron chi connectivity index (χ1n) is 6.02. The van der Waals surface area contributed by atoms with Gasteiger partial charge < -0.3 is 19.1 Å². The zero-order valence-corrected chi connectivity index (χ0v) is 12.9. The van der Waals surface area contributed by atoms with E-state index in [9.17, 15) is 4.79 Å². The summed E-state index contributed by atoms with van der Waals surface area (Å²) in [5, 5.41) is 0. The summed E-state index contributed by atoms with van der Waals surface area (Å²) in [7, 11) is 1.63. The number of hydrogen-bond donors (Lipinski definition) is 0. The molecular formula is C13H16INO4. The first kappa shape index (κ1) is 14.5. The molecule has 0 N–H and O–H groups in total. The first-order valence-corrected chi connectivity index (χ1v) is 7.09. The Bertz CT molecular complexity index is 452. The van der Waals surface area contributed by atoms with E-state index in [2.05, 4.69) is 22.6 Å². The zero-order chi connectivity index (χ0) is 13.7. The van der Waals surface area contributed by atoms with Gasteiger partial charge in [0.05, 0.1) is 25.5 Å². The molecule has 5 nitrogen and oxygen atoms in total. The summed E-state index contributed by atoms with van der Waals surface area (Å²) in [5.74, 6) is 0.710. The number of hydrogen-bond acceptors (Lipinski definition) is 4. The third kappa shape index (κ3) is 3.80. The second kappa shape index (κ2) is 7.06. The minimum Gasteiger partial charge on any atom is -0.482 e. The van der Waals surface area contributed by atoms with Gasteiger partial charge in [-0.15, -0.1) is 0 Å². The van der Waals surface area contributed by atoms with Crippen molar-refractivity contribution in [3.8, 4) is 5.75 Å². The molecule has 0 bridgehead atoms. The Morgan fingerprint density at radius 1 is 1.37 bits per heavy atom. The van der Waals surface area contributed by atoms with Crippen LogP contribution in [0, 0.1) is 3.57 Å². The molecule has 1 heterocycles. The van der Waals surface area contributed by atoms with Crippen LogP contribution in [-0.2, 0) is 14.3 Å². The van der Waals surface area contributed by atoms with E-state index in [1.807, 2.05) is 18.2 Å².